The maximum absolute atomic E-state index is 11.7. The second kappa shape index (κ2) is 4.61. The molecule has 0 unspecified atom stereocenters. The van der Waals surface area contributed by atoms with Gasteiger partial charge in [-0.15, -0.1) is 0 Å². The Morgan fingerprint density at radius 1 is 1.53 bits per heavy atom. The molecule has 1 aliphatic carbocycles. The number of hydrogen-bond donors (Lipinski definition) is 2. The summed E-state index contributed by atoms with van der Waals surface area (Å²) in [6.45, 7) is 3.97. The van der Waals surface area contributed by atoms with Crippen LogP contribution in [0.5, 0.6) is 0 Å². The minimum Gasteiger partial charge on any atom is -0.461 e. The van der Waals surface area contributed by atoms with Gasteiger partial charge in [-0.25, -0.2) is 4.79 Å². The predicted molar refractivity (Wildman–Crippen MR) is 62.7 cm³/mol. The number of nitrogens with one attached hydrogen (secondary N) is 1. The van der Waals surface area contributed by atoms with Crippen molar-refractivity contribution in [2.24, 2.45) is 5.16 Å². The molecule has 0 aliphatic heterocycles. The third-order valence-corrected chi connectivity index (χ3v) is 3.06. The molecule has 17 heavy (non-hydrogen) atoms. The van der Waals surface area contributed by atoms with E-state index in [4.69, 9.17) is 9.94 Å². The molecule has 0 spiro atoms. The van der Waals surface area contributed by atoms with E-state index in [1.54, 1.807) is 6.92 Å². The Hall–Kier alpha value is -1.78. The lowest BCUT2D eigenvalue weighted by atomic mass is 9.93. The molecule has 0 saturated heterocycles. The number of carbonyl (C=O) groups is 1. The number of ether oxygens (including phenoxy) is 1. The number of H-pyrrole nitrogens is 1. The summed E-state index contributed by atoms with van der Waals surface area (Å²) < 4.78 is 4.98. The molecule has 1 aromatic rings. The van der Waals surface area contributed by atoms with Gasteiger partial charge >= 0.3 is 5.97 Å². The van der Waals surface area contributed by atoms with Crippen molar-refractivity contribution in [3.05, 3.63) is 22.5 Å². The molecule has 0 amide bonds. The Labute approximate surface area is 99.5 Å². The smallest absolute Gasteiger partial charge is 0.355 e. The highest BCUT2D eigenvalue weighted by Crippen LogP contribution is 2.27. The summed E-state index contributed by atoms with van der Waals surface area (Å²) in [6, 6.07) is 0. The SMILES string of the molecule is CCOC(=O)c1[nH]c2c(c1C)C(=NO)CCC2. The van der Waals surface area contributed by atoms with Gasteiger partial charge in [0.15, 0.2) is 0 Å². The van der Waals surface area contributed by atoms with Crippen molar-refractivity contribution in [3.63, 3.8) is 0 Å². The van der Waals surface area contributed by atoms with E-state index >= 15 is 0 Å². The highest BCUT2D eigenvalue weighted by atomic mass is 16.5. The molecule has 0 fully saturated rings. The van der Waals surface area contributed by atoms with Gasteiger partial charge in [0.2, 0.25) is 0 Å². The van der Waals surface area contributed by atoms with E-state index in [0.717, 1.165) is 36.1 Å². The van der Waals surface area contributed by atoms with Gasteiger partial charge in [0.1, 0.15) is 5.69 Å². The van der Waals surface area contributed by atoms with Crippen LogP contribution in [-0.4, -0.2) is 28.5 Å². The standard InChI is InChI=1S/C12H16N2O3/c1-3-17-12(15)11-7(2)10-8(13-11)5-4-6-9(10)14-16/h13,16H,3-6H2,1-2H3. The Kier molecular flexibility index (Phi) is 3.17. The summed E-state index contributed by atoms with van der Waals surface area (Å²) in [5.74, 6) is -0.350. The van der Waals surface area contributed by atoms with Gasteiger partial charge in [-0.05, 0) is 38.7 Å². The summed E-state index contributed by atoms with van der Waals surface area (Å²) in [7, 11) is 0. The first-order valence-corrected chi connectivity index (χ1v) is 5.78. The molecule has 1 heterocycles. The molecule has 0 atom stereocenters. The van der Waals surface area contributed by atoms with E-state index < -0.39 is 0 Å². The zero-order chi connectivity index (χ0) is 12.4. The number of hydrogen-bond acceptors (Lipinski definition) is 4. The van der Waals surface area contributed by atoms with Gasteiger partial charge < -0.3 is 14.9 Å². The summed E-state index contributed by atoms with van der Waals surface area (Å²) in [4.78, 5) is 14.8. The first-order chi connectivity index (χ1) is 8.19. The van der Waals surface area contributed by atoms with Crippen LogP contribution < -0.4 is 0 Å². The first kappa shape index (κ1) is 11.7. The van der Waals surface area contributed by atoms with Crippen LogP contribution in [0.3, 0.4) is 0 Å². The molecule has 1 aromatic heterocycles. The first-order valence-electron chi connectivity index (χ1n) is 5.78. The third kappa shape index (κ3) is 1.92. The number of aromatic amines is 1. The Balaban J connectivity index is 2.46. The van der Waals surface area contributed by atoms with Gasteiger partial charge in [-0.3, -0.25) is 0 Å². The number of oxime groups is 1. The average Bonchev–Trinajstić information content (AvgIpc) is 2.67. The number of carbonyl (C=O) groups excluding carboxylic acids is 1. The molecule has 0 saturated carbocycles. The number of aryl methyl sites for hydroxylation is 1. The van der Waals surface area contributed by atoms with Crippen LogP contribution >= 0.6 is 0 Å². The monoisotopic (exact) mass is 236 g/mol. The summed E-state index contributed by atoms with van der Waals surface area (Å²) in [5.41, 5.74) is 3.77. The number of esters is 1. The Bertz CT molecular complexity index is 474. The quantitative estimate of drug-likeness (QED) is 0.468. The van der Waals surface area contributed by atoms with E-state index in [9.17, 15) is 4.79 Å². The predicted octanol–water partition coefficient (Wildman–Crippen LogP) is 2.01. The Morgan fingerprint density at radius 3 is 2.94 bits per heavy atom. The van der Waals surface area contributed by atoms with E-state index in [-0.39, 0.29) is 5.97 Å². The summed E-state index contributed by atoms with van der Waals surface area (Å²) >= 11 is 0. The fourth-order valence-corrected chi connectivity index (χ4v) is 2.30. The lowest BCUT2D eigenvalue weighted by Gasteiger charge is -2.12. The zero-order valence-corrected chi connectivity index (χ0v) is 10.0. The minimum atomic E-state index is -0.350. The third-order valence-electron chi connectivity index (χ3n) is 3.06. The molecule has 0 aromatic carbocycles. The average molecular weight is 236 g/mol. The van der Waals surface area contributed by atoms with Crippen LogP contribution in [-0.2, 0) is 11.2 Å². The molecular weight excluding hydrogens is 220 g/mol. The van der Waals surface area contributed by atoms with Crippen molar-refractivity contribution in [1.29, 1.82) is 0 Å². The van der Waals surface area contributed by atoms with Gasteiger partial charge in [-0.2, -0.15) is 0 Å². The van der Waals surface area contributed by atoms with Crippen molar-refractivity contribution in [2.75, 3.05) is 6.61 Å². The van der Waals surface area contributed by atoms with Crippen LogP contribution in [0.25, 0.3) is 0 Å². The molecule has 1 aliphatic rings. The van der Waals surface area contributed by atoms with Gasteiger partial charge in [0, 0.05) is 11.3 Å². The lowest BCUT2D eigenvalue weighted by molar-refractivity contribution is 0.0519. The van der Waals surface area contributed by atoms with Crippen LogP contribution in [0.4, 0.5) is 0 Å². The van der Waals surface area contributed by atoms with Gasteiger partial charge in [0.05, 0.1) is 12.3 Å². The summed E-state index contributed by atoms with van der Waals surface area (Å²) in [6.07, 6.45) is 2.54. The molecule has 5 heteroatoms. The molecule has 92 valence electrons. The number of nitrogens with zero attached hydrogens (tertiary/aromatic N) is 1. The number of aromatic nitrogens is 1. The Morgan fingerprint density at radius 2 is 2.29 bits per heavy atom. The minimum absolute atomic E-state index is 0.350. The number of fused-ring (bicyclic) bond motifs is 1. The second-order valence-electron chi connectivity index (χ2n) is 4.10. The van der Waals surface area contributed by atoms with Gasteiger partial charge in [-0.1, -0.05) is 5.16 Å². The fourth-order valence-electron chi connectivity index (χ4n) is 2.30. The van der Waals surface area contributed by atoms with Crippen molar-refractivity contribution in [1.82, 2.24) is 4.98 Å². The molecule has 0 bridgehead atoms. The molecule has 2 rings (SSSR count). The van der Waals surface area contributed by atoms with E-state index in [1.165, 1.54) is 0 Å². The van der Waals surface area contributed by atoms with Gasteiger partial charge in [0.25, 0.3) is 0 Å². The molecule has 5 nitrogen and oxygen atoms in total. The van der Waals surface area contributed by atoms with Crippen molar-refractivity contribution >= 4 is 11.7 Å². The van der Waals surface area contributed by atoms with E-state index in [1.807, 2.05) is 6.92 Å². The highest BCUT2D eigenvalue weighted by Gasteiger charge is 2.25. The largest absolute Gasteiger partial charge is 0.461 e. The van der Waals surface area contributed by atoms with E-state index in [0.29, 0.717) is 18.0 Å². The normalized spacial score (nSPS) is 16.9. The summed E-state index contributed by atoms with van der Waals surface area (Å²) in [5, 5.41) is 12.3. The van der Waals surface area contributed by atoms with Crippen LogP contribution in [0.1, 0.15) is 47.1 Å². The second-order valence-corrected chi connectivity index (χ2v) is 4.10. The van der Waals surface area contributed by atoms with Crippen LogP contribution in [0.2, 0.25) is 0 Å². The van der Waals surface area contributed by atoms with Crippen LogP contribution in [0, 0.1) is 6.92 Å². The molecule has 2 N–H and O–H groups in total. The molecule has 0 radical (unpaired) electrons. The van der Waals surface area contributed by atoms with Crippen molar-refractivity contribution in [2.45, 2.75) is 33.1 Å². The maximum Gasteiger partial charge on any atom is 0.355 e. The van der Waals surface area contributed by atoms with Crippen molar-refractivity contribution in [3.8, 4) is 0 Å². The zero-order valence-electron chi connectivity index (χ0n) is 10.0. The number of rotatable bonds is 2. The topological polar surface area (TPSA) is 74.7 Å². The maximum atomic E-state index is 11.7. The van der Waals surface area contributed by atoms with Crippen molar-refractivity contribution < 1.29 is 14.7 Å². The lowest BCUT2D eigenvalue weighted by Crippen LogP contribution is -2.11. The molecular formula is C12H16N2O3. The highest BCUT2D eigenvalue weighted by molar-refractivity contribution is 6.06. The van der Waals surface area contributed by atoms with E-state index in [2.05, 4.69) is 10.1 Å². The van der Waals surface area contributed by atoms with Crippen LogP contribution in [0.15, 0.2) is 5.16 Å². The fraction of sp³-hybridized carbons (Fsp3) is 0.500.